The molecule has 36 heavy (non-hydrogen) atoms. The highest BCUT2D eigenvalue weighted by Gasteiger charge is 2.19. The van der Waals surface area contributed by atoms with Gasteiger partial charge in [-0.2, -0.15) is 4.98 Å². The number of nitrogens with one attached hydrogen (secondary N) is 2. The quantitative estimate of drug-likeness (QED) is 0.248. The Balaban J connectivity index is 1.70. The minimum absolute atomic E-state index is 0.0477. The summed E-state index contributed by atoms with van der Waals surface area (Å²) in [7, 11) is 1.60. The maximum absolute atomic E-state index is 14.5. The standard InChI is InChI=1S/C25H29FN6O4/c1-35-12-13-36-19-10-8-17(9-11-19)31-25-29-15-21(26)24(32-25)30-18-5-2-4-16(14-18)20(23(28)34)6-3-7-22(27)33/h2,4-5,8-11,14-15,20H,3,6-7,12-13H2,1H3,(H2,27,33)(H2,28,34)(H2,29,30,31,32). The maximum Gasteiger partial charge on any atom is 0.229 e. The van der Waals surface area contributed by atoms with E-state index in [2.05, 4.69) is 20.6 Å². The molecule has 10 nitrogen and oxygen atoms in total. The summed E-state index contributed by atoms with van der Waals surface area (Å²) in [6.45, 7) is 0.925. The van der Waals surface area contributed by atoms with Gasteiger partial charge in [-0.15, -0.1) is 0 Å². The fraction of sp³-hybridized carbons (Fsp3) is 0.280. The van der Waals surface area contributed by atoms with Crippen molar-refractivity contribution >= 4 is 35.0 Å². The Morgan fingerprint density at radius 1 is 1.06 bits per heavy atom. The minimum Gasteiger partial charge on any atom is -0.491 e. The third-order valence-electron chi connectivity index (χ3n) is 5.22. The Bertz CT molecular complexity index is 1180. The molecule has 0 saturated heterocycles. The Kier molecular flexibility index (Phi) is 9.52. The van der Waals surface area contributed by atoms with E-state index >= 15 is 0 Å². The van der Waals surface area contributed by atoms with Gasteiger partial charge in [0.25, 0.3) is 0 Å². The zero-order valence-electron chi connectivity index (χ0n) is 19.9. The van der Waals surface area contributed by atoms with Crippen molar-refractivity contribution in [1.82, 2.24) is 9.97 Å². The van der Waals surface area contributed by atoms with Crippen LogP contribution in [0, 0.1) is 5.82 Å². The number of nitrogens with two attached hydrogens (primary N) is 2. The van der Waals surface area contributed by atoms with Crippen LogP contribution in [-0.2, 0) is 14.3 Å². The number of nitrogens with zero attached hydrogens (tertiary/aromatic N) is 2. The van der Waals surface area contributed by atoms with Gasteiger partial charge in [0, 0.05) is 24.9 Å². The first-order valence-corrected chi connectivity index (χ1v) is 11.3. The summed E-state index contributed by atoms with van der Waals surface area (Å²) in [5.74, 6) is -1.40. The predicted molar refractivity (Wildman–Crippen MR) is 134 cm³/mol. The average molecular weight is 497 g/mol. The van der Waals surface area contributed by atoms with Crippen molar-refractivity contribution in [2.75, 3.05) is 31.0 Å². The van der Waals surface area contributed by atoms with Crippen LogP contribution in [0.4, 0.5) is 27.5 Å². The van der Waals surface area contributed by atoms with Gasteiger partial charge < -0.3 is 31.6 Å². The topological polar surface area (TPSA) is 154 Å². The third-order valence-corrected chi connectivity index (χ3v) is 5.22. The van der Waals surface area contributed by atoms with Gasteiger partial charge in [-0.3, -0.25) is 9.59 Å². The van der Waals surface area contributed by atoms with Crippen LogP contribution in [0.1, 0.15) is 30.7 Å². The molecule has 2 amide bonds. The highest BCUT2D eigenvalue weighted by Crippen LogP contribution is 2.27. The largest absolute Gasteiger partial charge is 0.491 e. The smallest absolute Gasteiger partial charge is 0.229 e. The lowest BCUT2D eigenvalue weighted by Crippen LogP contribution is -2.22. The number of anilines is 4. The molecule has 3 rings (SSSR count). The summed E-state index contributed by atoms with van der Waals surface area (Å²) in [6.07, 6.45) is 2.01. The first-order chi connectivity index (χ1) is 17.4. The van der Waals surface area contributed by atoms with Crippen molar-refractivity contribution in [2.24, 2.45) is 11.5 Å². The molecule has 0 bridgehead atoms. The summed E-state index contributed by atoms with van der Waals surface area (Å²) in [5.41, 5.74) is 12.6. The van der Waals surface area contributed by atoms with Gasteiger partial charge in [0.1, 0.15) is 12.4 Å². The van der Waals surface area contributed by atoms with Crippen LogP contribution < -0.4 is 26.8 Å². The normalized spacial score (nSPS) is 11.5. The highest BCUT2D eigenvalue weighted by molar-refractivity contribution is 5.82. The van der Waals surface area contributed by atoms with E-state index in [0.717, 1.165) is 6.20 Å². The van der Waals surface area contributed by atoms with Crippen molar-refractivity contribution in [1.29, 1.82) is 0 Å². The van der Waals surface area contributed by atoms with Crippen LogP contribution in [-0.4, -0.2) is 42.1 Å². The molecule has 0 spiro atoms. The number of carbonyl (C=O) groups is 2. The molecule has 6 N–H and O–H groups in total. The molecule has 1 aromatic heterocycles. The monoisotopic (exact) mass is 496 g/mol. The SMILES string of the molecule is COCCOc1ccc(Nc2ncc(F)c(Nc3cccc(C(CCCC(N)=O)C(N)=O)c3)n2)cc1. The Hall–Kier alpha value is -4.25. The number of methoxy groups -OCH3 is 1. The van der Waals surface area contributed by atoms with E-state index in [1.807, 2.05) is 0 Å². The van der Waals surface area contributed by atoms with Crippen LogP contribution in [0.2, 0.25) is 0 Å². The average Bonchev–Trinajstić information content (AvgIpc) is 2.85. The molecule has 3 aromatic rings. The Labute approximate surface area is 208 Å². The van der Waals surface area contributed by atoms with Crippen LogP contribution in [0.3, 0.4) is 0 Å². The van der Waals surface area contributed by atoms with Gasteiger partial charge >= 0.3 is 0 Å². The van der Waals surface area contributed by atoms with Gasteiger partial charge in [-0.1, -0.05) is 12.1 Å². The van der Waals surface area contributed by atoms with E-state index in [9.17, 15) is 14.0 Å². The van der Waals surface area contributed by atoms with E-state index in [1.165, 1.54) is 0 Å². The van der Waals surface area contributed by atoms with Crippen LogP contribution in [0.15, 0.2) is 54.7 Å². The number of aromatic nitrogens is 2. The van der Waals surface area contributed by atoms with E-state index in [1.54, 1.807) is 55.6 Å². The van der Waals surface area contributed by atoms with Crippen molar-refractivity contribution in [3.8, 4) is 5.75 Å². The second-order valence-corrected chi connectivity index (χ2v) is 7.94. The third kappa shape index (κ3) is 7.91. The Morgan fingerprint density at radius 3 is 2.53 bits per heavy atom. The van der Waals surface area contributed by atoms with E-state index in [0.29, 0.717) is 48.7 Å². The Morgan fingerprint density at radius 2 is 1.83 bits per heavy atom. The molecule has 0 aliphatic heterocycles. The second-order valence-electron chi connectivity index (χ2n) is 7.94. The number of primary amides is 2. The zero-order chi connectivity index (χ0) is 25.9. The van der Waals surface area contributed by atoms with Crippen molar-refractivity contribution in [3.63, 3.8) is 0 Å². The molecule has 1 heterocycles. The van der Waals surface area contributed by atoms with E-state index < -0.39 is 23.5 Å². The molecule has 190 valence electrons. The number of hydrogen-bond acceptors (Lipinski definition) is 8. The van der Waals surface area contributed by atoms with Gasteiger partial charge in [0.15, 0.2) is 11.6 Å². The molecular weight excluding hydrogens is 467 g/mol. The summed E-state index contributed by atoms with van der Waals surface area (Å²) in [4.78, 5) is 31.2. The molecule has 2 aromatic carbocycles. The molecule has 0 aliphatic rings. The molecule has 1 unspecified atom stereocenters. The molecule has 1 atom stereocenters. The summed E-state index contributed by atoms with van der Waals surface area (Å²) in [6, 6.07) is 14.0. The number of carbonyl (C=O) groups excluding carboxylic acids is 2. The van der Waals surface area contributed by atoms with Crippen LogP contribution in [0.5, 0.6) is 5.75 Å². The summed E-state index contributed by atoms with van der Waals surface area (Å²) in [5, 5.41) is 5.94. The molecule has 11 heteroatoms. The fourth-order valence-electron chi connectivity index (χ4n) is 3.44. The first-order valence-electron chi connectivity index (χ1n) is 11.3. The number of hydrogen-bond donors (Lipinski definition) is 4. The minimum atomic E-state index is -0.652. The lowest BCUT2D eigenvalue weighted by Gasteiger charge is -2.15. The van der Waals surface area contributed by atoms with Crippen LogP contribution in [0.25, 0.3) is 0 Å². The number of benzene rings is 2. The molecule has 0 radical (unpaired) electrons. The number of amides is 2. The van der Waals surface area contributed by atoms with Gasteiger partial charge in [-0.05, 0) is 54.8 Å². The first kappa shape index (κ1) is 26.4. The van der Waals surface area contributed by atoms with Crippen molar-refractivity contribution < 1.29 is 23.5 Å². The lowest BCUT2D eigenvalue weighted by molar-refractivity contribution is -0.120. The molecule has 0 fully saturated rings. The number of halogens is 1. The lowest BCUT2D eigenvalue weighted by atomic mass is 9.92. The molecule has 0 saturated carbocycles. The van der Waals surface area contributed by atoms with Crippen LogP contribution >= 0.6 is 0 Å². The van der Waals surface area contributed by atoms with E-state index in [-0.39, 0.29) is 18.2 Å². The van der Waals surface area contributed by atoms with Crippen molar-refractivity contribution in [3.05, 3.63) is 66.1 Å². The van der Waals surface area contributed by atoms with Gasteiger partial charge in [0.05, 0.1) is 18.7 Å². The van der Waals surface area contributed by atoms with Crippen molar-refractivity contribution in [2.45, 2.75) is 25.2 Å². The molecule has 0 aliphatic carbocycles. The number of rotatable bonds is 14. The van der Waals surface area contributed by atoms with Gasteiger partial charge in [-0.25, -0.2) is 9.37 Å². The highest BCUT2D eigenvalue weighted by atomic mass is 19.1. The predicted octanol–water partition coefficient (Wildman–Crippen LogP) is 3.35. The fourth-order valence-corrected chi connectivity index (χ4v) is 3.44. The van der Waals surface area contributed by atoms with E-state index in [4.69, 9.17) is 20.9 Å². The zero-order valence-corrected chi connectivity index (χ0v) is 19.9. The summed E-state index contributed by atoms with van der Waals surface area (Å²) >= 11 is 0. The summed E-state index contributed by atoms with van der Waals surface area (Å²) < 4.78 is 25.0. The maximum atomic E-state index is 14.5. The van der Waals surface area contributed by atoms with Gasteiger partial charge in [0.2, 0.25) is 17.8 Å². The number of ether oxygens (including phenoxy) is 2. The second kappa shape index (κ2) is 13.0. The molecular formula is C25H29FN6O4.